The minimum atomic E-state index is -4.57. The smallest absolute Gasteiger partial charge is 0.342 e. The molecule has 2 aromatic carbocycles. The zero-order chi connectivity index (χ0) is 15.6. The van der Waals surface area contributed by atoms with Gasteiger partial charge < -0.3 is 9.92 Å². The normalized spacial score (nSPS) is 11.1. The van der Waals surface area contributed by atoms with E-state index in [4.69, 9.17) is 9.92 Å². The average Bonchev–Trinajstić information content (AvgIpc) is 2.37. The molecule has 0 spiro atoms. The van der Waals surface area contributed by atoms with Gasteiger partial charge in [-0.05, 0) is 24.3 Å². The lowest BCUT2D eigenvalue weighted by atomic mass is 10.2. The molecular weight excluding hydrogens is 304 g/mol. The molecule has 0 atom stereocenters. The van der Waals surface area contributed by atoms with Crippen LogP contribution in [0.15, 0.2) is 47.4 Å². The van der Waals surface area contributed by atoms with Crippen LogP contribution in [0.1, 0.15) is 10.4 Å². The van der Waals surface area contributed by atoms with E-state index in [0.717, 1.165) is 12.1 Å². The van der Waals surface area contributed by atoms with Crippen LogP contribution in [-0.2, 0) is 10.1 Å². The molecule has 0 aliphatic heterocycles. The first-order valence-electron chi connectivity index (χ1n) is 5.59. The monoisotopic (exact) mass is 313 g/mol. The van der Waals surface area contributed by atoms with E-state index < -0.39 is 32.6 Å². The van der Waals surface area contributed by atoms with Crippen molar-refractivity contribution in [2.45, 2.75) is 4.90 Å². The Kier molecular flexibility index (Phi) is 3.90. The Morgan fingerprint density at radius 3 is 2.38 bits per heavy atom. The summed E-state index contributed by atoms with van der Waals surface area (Å²) in [5, 5.41) is 0. The highest BCUT2D eigenvalue weighted by molar-refractivity contribution is 7.87. The fourth-order valence-electron chi connectivity index (χ4n) is 1.58. The lowest BCUT2D eigenvalue weighted by Crippen LogP contribution is -2.17. The highest BCUT2D eigenvalue weighted by Gasteiger charge is 2.23. The number of halogens is 2. The summed E-state index contributed by atoms with van der Waals surface area (Å²) < 4.78 is 55.0. The maximum Gasteiger partial charge on any atom is 0.342 e. The number of hydrogen-bond donors (Lipinski definition) is 1. The van der Waals surface area contributed by atoms with E-state index in [1.54, 1.807) is 0 Å². The average molecular weight is 313 g/mol. The molecule has 0 fully saturated rings. The minimum absolute atomic E-state index is 0.177. The van der Waals surface area contributed by atoms with E-state index in [0.29, 0.717) is 6.07 Å². The topological polar surface area (TPSA) is 86.5 Å². The van der Waals surface area contributed by atoms with Crippen molar-refractivity contribution >= 4 is 16.0 Å². The Morgan fingerprint density at radius 2 is 1.76 bits per heavy atom. The van der Waals surface area contributed by atoms with Crippen LogP contribution in [0.3, 0.4) is 0 Å². The number of nitrogens with two attached hydrogens (primary N) is 1. The third-order valence-corrected chi connectivity index (χ3v) is 3.78. The molecule has 21 heavy (non-hydrogen) atoms. The van der Waals surface area contributed by atoms with E-state index in [1.807, 2.05) is 0 Å². The maximum absolute atomic E-state index is 13.5. The maximum atomic E-state index is 13.5. The van der Waals surface area contributed by atoms with Crippen molar-refractivity contribution in [3.8, 4) is 5.75 Å². The van der Waals surface area contributed by atoms with Crippen molar-refractivity contribution in [2.24, 2.45) is 5.73 Å². The molecule has 2 N–H and O–H groups in total. The molecule has 0 aliphatic rings. The molecule has 0 aromatic heterocycles. The third-order valence-electron chi connectivity index (χ3n) is 2.52. The van der Waals surface area contributed by atoms with E-state index in [9.17, 15) is 22.0 Å². The van der Waals surface area contributed by atoms with Gasteiger partial charge in [-0.2, -0.15) is 8.42 Å². The van der Waals surface area contributed by atoms with Crippen LogP contribution in [0, 0.1) is 11.6 Å². The van der Waals surface area contributed by atoms with Crippen molar-refractivity contribution in [3.05, 3.63) is 59.7 Å². The van der Waals surface area contributed by atoms with Gasteiger partial charge in [0, 0.05) is 6.07 Å². The first kappa shape index (κ1) is 14.9. The second-order valence-corrected chi connectivity index (χ2v) is 5.49. The summed E-state index contributed by atoms with van der Waals surface area (Å²) in [4.78, 5) is 10.3. The van der Waals surface area contributed by atoms with Gasteiger partial charge in [0.25, 0.3) is 5.91 Å². The molecule has 0 saturated carbocycles. The van der Waals surface area contributed by atoms with Crippen LogP contribution in [-0.4, -0.2) is 14.3 Å². The minimum Gasteiger partial charge on any atom is -0.378 e. The van der Waals surface area contributed by atoms with Crippen molar-refractivity contribution in [3.63, 3.8) is 0 Å². The molecule has 0 heterocycles. The number of rotatable bonds is 4. The molecule has 110 valence electrons. The largest absolute Gasteiger partial charge is 0.378 e. The van der Waals surface area contributed by atoms with E-state index in [1.165, 1.54) is 24.3 Å². The van der Waals surface area contributed by atoms with Gasteiger partial charge in [0.2, 0.25) is 0 Å². The molecule has 0 saturated heterocycles. The zero-order valence-corrected chi connectivity index (χ0v) is 11.2. The van der Waals surface area contributed by atoms with Crippen molar-refractivity contribution in [1.82, 2.24) is 0 Å². The van der Waals surface area contributed by atoms with Crippen molar-refractivity contribution in [1.29, 1.82) is 0 Å². The number of carbonyl (C=O) groups is 1. The first-order valence-corrected chi connectivity index (χ1v) is 7.00. The number of primary amides is 1. The SMILES string of the molecule is NC(=O)c1ccccc1OS(=O)(=O)c1ccc(F)cc1F. The van der Waals surface area contributed by atoms with Gasteiger partial charge in [0.1, 0.15) is 16.5 Å². The van der Waals surface area contributed by atoms with Gasteiger partial charge in [-0.1, -0.05) is 12.1 Å². The Bertz CT molecular complexity index is 806. The summed E-state index contributed by atoms with van der Waals surface area (Å²) in [5.41, 5.74) is 4.91. The highest BCUT2D eigenvalue weighted by atomic mass is 32.2. The van der Waals surface area contributed by atoms with Crippen molar-refractivity contribution in [2.75, 3.05) is 0 Å². The van der Waals surface area contributed by atoms with Crippen LogP contribution in [0.25, 0.3) is 0 Å². The molecule has 0 bridgehead atoms. The molecule has 2 aromatic rings. The van der Waals surface area contributed by atoms with Crippen LogP contribution in [0.4, 0.5) is 8.78 Å². The molecule has 1 amide bonds. The number of para-hydroxylation sites is 1. The summed E-state index contributed by atoms with van der Waals surface area (Å²) in [6, 6.07) is 7.24. The molecular formula is C13H9F2NO4S. The van der Waals surface area contributed by atoms with Crippen LogP contribution in [0.5, 0.6) is 5.75 Å². The predicted molar refractivity (Wildman–Crippen MR) is 69.1 cm³/mol. The second-order valence-electron chi connectivity index (χ2n) is 3.97. The van der Waals surface area contributed by atoms with Gasteiger partial charge in [0.05, 0.1) is 5.56 Å². The van der Waals surface area contributed by atoms with Gasteiger partial charge >= 0.3 is 10.1 Å². The van der Waals surface area contributed by atoms with Crippen LogP contribution >= 0.6 is 0 Å². The Hall–Kier alpha value is -2.48. The first-order chi connectivity index (χ1) is 9.81. The second kappa shape index (κ2) is 5.49. The summed E-state index contributed by atoms with van der Waals surface area (Å²) in [7, 11) is -4.57. The lowest BCUT2D eigenvalue weighted by Gasteiger charge is -2.10. The van der Waals surface area contributed by atoms with Gasteiger partial charge in [-0.3, -0.25) is 4.79 Å². The fourth-order valence-corrected chi connectivity index (χ4v) is 2.59. The zero-order valence-electron chi connectivity index (χ0n) is 10.4. The van der Waals surface area contributed by atoms with Crippen molar-refractivity contribution < 1.29 is 26.2 Å². The predicted octanol–water partition coefficient (Wildman–Crippen LogP) is 1.83. The van der Waals surface area contributed by atoms with Gasteiger partial charge in [-0.25, -0.2) is 8.78 Å². The molecule has 5 nitrogen and oxygen atoms in total. The number of hydrogen-bond acceptors (Lipinski definition) is 4. The van der Waals surface area contributed by atoms with Crippen LogP contribution < -0.4 is 9.92 Å². The summed E-state index contributed by atoms with van der Waals surface area (Å²) in [5.74, 6) is -3.47. The Labute approximate surface area is 119 Å². The lowest BCUT2D eigenvalue weighted by molar-refractivity contribution is 0.0999. The van der Waals surface area contributed by atoms with Crippen LogP contribution in [0.2, 0.25) is 0 Å². The number of benzene rings is 2. The third kappa shape index (κ3) is 3.16. The molecule has 8 heteroatoms. The van der Waals surface area contributed by atoms with Gasteiger partial charge in [-0.15, -0.1) is 0 Å². The molecule has 0 unspecified atom stereocenters. The molecule has 2 rings (SSSR count). The highest BCUT2D eigenvalue weighted by Crippen LogP contribution is 2.24. The molecule has 0 radical (unpaired) electrons. The summed E-state index contributed by atoms with van der Waals surface area (Å²) in [6.45, 7) is 0. The molecule has 0 aliphatic carbocycles. The standard InChI is InChI=1S/C13H9F2NO4S/c14-8-5-6-12(10(15)7-8)21(18,19)20-11-4-2-1-3-9(11)13(16)17/h1-7H,(H2,16,17). The number of carbonyl (C=O) groups excluding carboxylic acids is 1. The van der Waals surface area contributed by atoms with E-state index in [2.05, 4.69) is 0 Å². The fraction of sp³-hybridized carbons (Fsp3) is 0. The Balaban J connectivity index is 2.45. The summed E-state index contributed by atoms with van der Waals surface area (Å²) in [6.07, 6.45) is 0. The van der Waals surface area contributed by atoms with Gasteiger partial charge in [0.15, 0.2) is 5.75 Å². The van der Waals surface area contributed by atoms with E-state index >= 15 is 0 Å². The quantitative estimate of drug-likeness (QED) is 0.873. The van der Waals surface area contributed by atoms with E-state index in [-0.39, 0.29) is 11.3 Å². The number of amides is 1. The summed E-state index contributed by atoms with van der Waals surface area (Å²) >= 11 is 0. The Morgan fingerprint density at radius 1 is 1.10 bits per heavy atom.